The first kappa shape index (κ1) is 21.0. The van der Waals surface area contributed by atoms with Crippen molar-refractivity contribution >= 4 is 23.4 Å². The van der Waals surface area contributed by atoms with Crippen LogP contribution in [0.1, 0.15) is 32.6 Å². The average molecular weight is 403 g/mol. The van der Waals surface area contributed by atoms with Crippen LogP contribution in [0.2, 0.25) is 0 Å². The van der Waals surface area contributed by atoms with Gasteiger partial charge in [-0.1, -0.05) is 0 Å². The summed E-state index contributed by atoms with van der Waals surface area (Å²) in [5.74, 6) is 0.140. The molecule has 2 heterocycles. The fourth-order valence-corrected chi connectivity index (χ4v) is 3.91. The standard InChI is InChI=1S/C21H29N3O5/c1-14(21(27)23-9-5-4-6-10-23)22-20(26)15-11-19(25)24(13-15)17-8-7-16(28-2)12-18(17)29-3/h7-8,12,14-15H,4-6,9-11,13H2,1-3H3,(H,22,26). The first-order valence-corrected chi connectivity index (χ1v) is 10.1. The number of methoxy groups -OCH3 is 2. The molecule has 1 aromatic carbocycles. The quantitative estimate of drug-likeness (QED) is 0.779. The summed E-state index contributed by atoms with van der Waals surface area (Å²) in [5, 5.41) is 2.80. The van der Waals surface area contributed by atoms with Gasteiger partial charge in [-0.2, -0.15) is 0 Å². The van der Waals surface area contributed by atoms with Gasteiger partial charge in [0.05, 0.1) is 25.8 Å². The summed E-state index contributed by atoms with van der Waals surface area (Å²) >= 11 is 0. The maximum Gasteiger partial charge on any atom is 0.244 e. The van der Waals surface area contributed by atoms with Crippen molar-refractivity contribution in [1.82, 2.24) is 10.2 Å². The number of nitrogens with zero attached hydrogens (tertiary/aromatic N) is 2. The molecule has 158 valence electrons. The van der Waals surface area contributed by atoms with Crippen LogP contribution in [0.5, 0.6) is 11.5 Å². The van der Waals surface area contributed by atoms with Crippen molar-refractivity contribution < 1.29 is 23.9 Å². The molecule has 1 N–H and O–H groups in total. The Kier molecular flexibility index (Phi) is 6.61. The monoisotopic (exact) mass is 403 g/mol. The number of anilines is 1. The molecule has 2 aliphatic heterocycles. The minimum Gasteiger partial charge on any atom is -0.497 e. The van der Waals surface area contributed by atoms with Crippen LogP contribution in [-0.2, 0) is 14.4 Å². The van der Waals surface area contributed by atoms with Gasteiger partial charge in [0.1, 0.15) is 17.5 Å². The van der Waals surface area contributed by atoms with E-state index in [1.807, 2.05) is 4.90 Å². The van der Waals surface area contributed by atoms with E-state index >= 15 is 0 Å². The Morgan fingerprint density at radius 1 is 1.14 bits per heavy atom. The summed E-state index contributed by atoms with van der Waals surface area (Å²) in [6.45, 7) is 3.44. The van der Waals surface area contributed by atoms with Crippen molar-refractivity contribution in [2.75, 3.05) is 38.8 Å². The van der Waals surface area contributed by atoms with Crippen LogP contribution in [0, 0.1) is 5.92 Å². The second kappa shape index (κ2) is 9.15. The maximum atomic E-state index is 12.7. The van der Waals surface area contributed by atoms with Crippen molar-refractivity contribution in [3.8, 4) is 11.5 Å². The molecule has 0 aromatic heterocycles. The van der Waals surface area contributed by atoms with Gasteiger partial charge >= 0.3 is 0 Å². The number of piperidine rings is 1. The van der Waals surface area contributed by atoms with Crippen LogP contribution < -0.4 is 19.7 Å². The van der Waals surface area contributed by atoms with Gasteiger partial charge in [0.15, 0.2) is 0 Å². The van der Waals surface area contributed by atoms with E-state index in [4.69, 9.17) is 9.47 Å². The Morgan fingerprint density at radius 3 is 2.52 bits per heavy atom. The van der Waals surface area contributed by atoms with Gasteiger partial charge in [-0.15, -0.1) is 0 Å². The second-order valence-corrected chi connectivity index (χ2v) is 7.56. The number of hydrogen-bond acceptors (Lipinski definition) is 5. The number of rotatable bonds is 6. The van der Waals surface area contributed by atoms with Crippen LogP contribution in [0.4, 0.5) is 5.69 Å². The number of amides is 3. The molecule has 29 heavy (non-hydrogen) atoms. The Hall–Kier alpha value is -2.77. The van der Waals surface area contributed by atoms with Gasteiger partial charge in [0.2, 0.25) is 17.7 Å². The molecule has 3 rings (SSSR count). The molecule has 2 aliphatic rings. The molecular formula is C21H29N3O5. The van der Waals surface area contributed by atoms with Crippen molar-refractivity contribution in [3.05, 3.63) is 18.2 Å². The molecule has 0 bridgehead atoms. The lowest BCUT2D eigenvalue weighted by Crippen LogP contribution is -2.50. The summed E-state index contributed by atoms with van der Waals surface area (Å²) in [5.41, 5.74) is 0.603. The number of carbonyl (C=O) groups excluding carboxylic acids is 3. The predicted molar refractivity (Wildman–Crippen MR) is 108 cm³/mol. The average Bonchev–Trinajstić information content (AvgIpc) is 3.14. The maximum absolute atomic E-state index is 12.7. The Labute approximate surface area is 171 Å². The summed E-state index contributed by atoms with van der Waals surface area (Å²) < 4.78 is 10.6. The molecule has 0 aliphatic carbocycles. The molecule has 2 saturated heterocycles. The summed E-state index contributed by atoms with van der Waals surface area (Å²) in [6, 6.07) is 4.60. The third-order valence-corrected chi connectivity index (χ3v) is 5.57. The minimum atomic E-state index is -0.597. The first-order chi connectivity index (χ1) is 13.9. The highest BCUT2D eigenvalue weighted by Crippen LogP contribution is 2.35. The van der Waals surface area contributed by atoms with Crippen LogP contribution in [0.15, 0.2) is 18.2 Å². The largest absolute Gasteiger partial charge is 0.497 e. The number of benzene rings is 1. The van der Waals surface area contributed by atoms with Gasteiger partial charge < -0.3 is 24.6 Å². The molecule has 0 spiro atoms. The number of likely N-dealkylation sites (tertiary alicyclic amines) is 1. The number of ether oxygens (including phenoxy) is 2. The van der Waals surface area contributed by atoms with E-state index in [0.717, 1.165) is 32.4 Å². The number of carbonyl (C=O) groups is 3. The summed E-state index contributed by atoms with van der Waals surface area (Å²) in [6.07, 6.45) is 3.25. The molecule has 0 radical (unpaired) electrons. The highest BCUT2D eigenvalue weighted by atomic mass is 16.5. The Morgan fingerprint density at radius 2 is 1.86 bits per heavy atom. The van der Waals surface area contributed by atoms with Crippen molar-refractivity contribution in [2.24, 2.45) is 5.92 Å². The topological polar surface area (TPSA) is 88.2 Å². The molecule has 8 heteroatoms. The van der Waals surface area contributed by atoms with Crippen LogP contribution >= 0.6 is 0 Å². The van der Waals surface area contributed by atoms with Gasteiger partial charge in [-0.25, -0.2) is 0 Å². The summed E-state index contributed by atoms with van der Waals surface area (Å²) in [7, 11) is 3.08. The van der Waals surface area contributed by atoms with E-state index in [1.165, 1.54) is 7.11 Å². The van der Waals surface area contributed by atoms with Crippen molar-refractivity contribution in [2.45, 2.75) is 38.6 Å². The second-order valence-electron chi connectivity index (χ2n) is 7.56. The SMILES string of the molecule is COc1ccc(N2CC(C(=O)NC(C)C(=O)N3CCCCC3)CC2=O)c(OC)c1. The highest BCUT2D eigenvalue weighted by molar-refractivity contribution is 6.02. The molecule has 0 saturated carbocycles. The van der Waals surface area contributed by atoms with Crippen molar-refractivity contribution in [3.63, 3.8) is 0 Å². The van der Waals surface area contributed by atoms with E-state index in [2.05, 4.69) is 5.32 Å². The Balaban J connectivity index is 1.63. The van der Waals surface area contributed by atoms with Crippen LogP contribution in [-0.4, -0.2) is 62.5 Å². The number of nitrogens with one attached hydrogen (secondary N) is 1. The molecule has 2 fully saturated rings. The van der Waals surface area contributed by atoms with Crippen LogP contribution in [0.3, 0.4) is 0 Å². The minimum absolute atomic E-state index is 0.0592. The smallest absolute Gasteiger partial charge is 0.244 e. The fraction of sp³-hybridized carbons (Fsp3) is 0.571. The van der Waals surface area contributed by atoms with Crippen LogP contribution in [0.25, 0.3) is 0 Å². The zero-order chi connectivity index (χ0) is 21.0. The fourth-order valence-electron chi connectivity index (χ4n) is 3.91. The van der Waals surface area contributed by atoms with Gasteiger partial charge in [0, 0.05) is 32.1 Å². The first-order valence-electron chi connectivity index (χ1n) is 10.1. The molecule has 2 atom stereocenters. The highest BCUT2D eigenvalue weighted by Gasteiger charge is 2.37. The van der Waals surface area contributed by atoms with E-state index in [9.17, 15) is 14.4 Å². The Bertz CT molecular complexity index is 776. The molecule has 2 unspecified atom stereocenters. The van der Waals surface area contributed by atoms with E-state index < -0.39 is 12.0 Å². The third-order valence-electron chi connectivity index (χ3n) is 5.57. The lowest BCUT2D eigenvalue weighted by molar-refractivity contribution is -0.137. The van der Waals surface area contributed by atoms with Crippen molar-refractivity contribution in [1.29, 1.82) is 0 Å². The molecule has 1 aromatic rings. The van der Waals surface area contributed by atoms with E-state index in [-0.39, 0.29) is 30.7 Å². The third kappa shape index (κ3) is 4.63. The van der Waals surface area contributed by atoms with Gasteiger partial charge in [-0.05, 0) is 38.3 Å². The molecular weight excluding hydrogens is 374 g/mol. The number of hydrogen-bond donors (Lipinski definition) is 1. The lowest BCUT2D eigenvalue weighted by atomic mass is 10.1. The van der Waals surface area contributed by atoms with E-state index in [0.29, 0.717) is 17.2 Å². The zero-order valence-corrected chi connectivity index (χ0v) is 17.3. The lowest BCUT2D eigenvalue weighted by Gasteiger charge is -2.29. The van der Waals surface area contributed by atoms with Gasteiger partial charge in [-0.3, -0.25) is 14.4 Å². The van der Waals surface area contributed by atoms with Gasteiger partial charge in [0.25, 0.3) is 0 Å². The summed E-state index contributed by atoms with van der Waals surface area (Å²) in [4.78, 5) is 41.2. The van der Waals surface area contributed by atoms with E-state index in [1.54, 1.807) is 37.1 Å². The zero-order valence-electron chi connectivity index (χ0n) is 17.3. The molecule has 8 nitrogen and oxygen atoms in total. The normalized spacial score (nSPS) is 20.4. The molecule has 3 amide bonds. The predicted octanol–water partition coefficient (Wildman–Crippen LogP) is 1.57.